The molecular weight excluding hydrogens is 418 g/mol. The van der Waals surface area contributed by atoms with E-state index in [0.717, 1.165) is 34.6 Å². The Morgan fingerprint density at radius 3 is 2.47 bits per heavy atom. The second-order valence-corrected chi connectivity index (χ2v) is 8.43. The van der Waals surface area contributed by atoms with Crippen molar-refractivity contribution < 1.29 is 4.79 Å². The van der Waals surface area contributed by atoms with Crippen LogP contribution in [0.1, 0.15) is 35.3 Å². The minimum atomic E-state index is -0.260. The third-order valence-corrected chi connectivity index (χ3v) is 6.28. The predicted octanol–water partition coefficient (Wildman–Crippen LogP) is 6.83. The Labute approximate surface area is 193 Å². The fourth-order valence-corrected chi connectivity index (χ4v) is 4.48. The van der Waals surface area contributed by atoms with Crippen LogP contribution in [0.2, 0.25) is 5.02 Å². The highest BCUT2D eigenvalue weighted by Gasteiger charge is 2.32. The number of aryl methyl sites for hydroxylation is 1. The lowest BCUT2D eigenvalue weighted by Gasteiger charge is -2.31. The maximum absolute atomic E-state index is 13.6. The molecule has 0 aliphatic carbocycles. The second kappa shape index (κ2) is 8.56. The van der Waals surface area contributed by atoms with E-state index in [1.54, 1.807) is 0 Å². The predicted molar refractivity (Wildman–Crippen MR) is 129 cm³/mol. The number of para-hydroxylation sites is 1. The van der Waals surface area contributed by atoms with Gasteiger partial charge in [-0.3, -0.25) is 0 Å². The zero-order valence-electron chi connectivity index (χ0n) is 17.8. The number of anilines is 1. The summed E-state index contributed by atoms with van der Waals surface area (Å²) in [5.41, 5.74) is 6.26. The van der Waals surface area contributed by atoms with Gasteiger partial charge in [0, 0.05) is 22.6 Å². The lowest BCUT2D eigenvalue weighted by atomic mass is 10.0. The fraction of sp³-hybridized carbons (Fsp3) is 0.148. The molecule has 160 valence electrons. The topological polar surface area (TPSA) is 37.3 Å². The van der Waals surface area contributed by atoms with E-state index in [1.807, 2.05) is 59.5 Å². The van der Waals surface area contributed by atoms with E-state index in [9.17, 15) is 4.79 Å². The molecule has 5 rings (SSSR count). The standard InChI is InChI=1S/C27H24ClN3O/c1-2-19-9-15-23(16-10-19)29-27(32)31-18-21-6-3-4-7-24(21)30-17-5-8-25(30)26(31)20-11-13-22(28)14-12-20/h3-17,26H,2,18H2,1H3,(H,29,32)/t26-/m1/s1. The smallest absolute Gasteiger partial charge is 0.318 e. The van der Waals surface area contributed by atoms with Crippen LogP contribution in [0.25, 0.3) is 5.69 Å². The Bertz CT molecular complexity index is 1240. The van der Waals surface area contributed by atoms with Gasteiger partial charge in [0.25, 0.3) is 0 Å². The number of hydrogen-bond acceptors (Lipinski definition) is 1. The molecule has 1 N–H and O–H groups in total. The Balaban J connectivity index is 1.59. The number of carbonyl (C=O) groups is 1. The van der Waals surface area contributed by atoms with Gasteiger partial charge in [-0.25, -0.2) is 4.79 Å². The molecule has 1 aliphatic heterocycles. The molecule has 0 radical (unpaired) electrons. The number of fused-ring (bicyclic) bond motifs is 3. The minimum absolute atomic E-state index is 0.140. The highest BCUT2D eigenvalue weighted by molar-refractivity contribution is 6.30. The van der Waals surface area contributed by atoms with E-state index in [0.29, 0.717) is 11.6 Å². The lowest BCUT2D eigenvalue weighted by Crippen LogP contribution is -2.37. The van der Waals surface area contributed by atoms with Crippen molar-refractivity contribution in [3.8, 4) is 5.69 Å². The summed E-state index contributed by atoms with van der Waals surface area (Å²) in [5, 5.41) is 3.78. The molecule has 0 bridgehead atoms. The largest absolute Gasteiger partial charge is 0.322 e. The number of nitrogens with one attached hydrogen (secondary N) is 1. The first-order valence-corrected chi connectivity index (χ1v) is 11.2. The van der Waals surface area contributed by atoms with Crippen molar-refractivity contribution >= 4 is 23.3 Å². The molecule has 1 aliphatic rings. The molecule has 4 nitrogen and oxygen atoms in total. The van der Waals surface area contributed by atoms with Gasteiger partial charge in [-0.05, 0) is 65.6 Å². The molecule has 5 heteroatoms. The number of rotatable bonds is 3. The number of halogens is 1. The molecule has 32 heavy (non-hydrogen) atoms. The van der Waals surface area contributed by atoms with Crippen LogP contribution < -0.4 is 5.32 Å². The summed E-state index contributed by atoms with van der Waals surface area (Å²) < 4.78 is 2.18. The van der Waals surface area contributed by atoms with E-state index in [-0.39, 0.29) is 12.1 Å². The fourth-order valence-electron chi connectivity index (χ4n) is 4.35. The van der Waals surface area contributed by atoms with Gasteiger partial charge in [0.05, 0.1) is 18.3 Å². The van der Waals surface area contributed by atoms with Crippen LogP contribution in [0, 0.1) is 0 Å². The van der Waals surface area contributed by atoms with E-state index in [4.69, 9.17) is 11.6 Å². The first-order chi connectivity index (χ1) is 15.6. The molecule has 0 saturated heterocycles. The van der Waals surface area contributed by atoms with Crippen molar-refractivity contribution in [2.45, 2.75) is 25.9 Å². The summed E-state index contributed by atoms with van der Waals surface area (Å²) in [4.78, 5) is 15.5. The molecule has 0 saturated carbocycles. The number of carbonyl (C=O) groups excluding carboxylic acids is 1. The van der Waals surface area contributed by atoms with Crippen LogP contribution in [0.3, 0.4) is 0 Å². The summed E-state index contributed by atoms with van der Waals surface area (Å²) in [7, 11) is 0. The van der Waals surface area contributed by atoms with Gasteiger partial charge in [0.2, 0.25) is 0 Å². The molecule has 2 amide bonds. The number of amides is 2. The van der Waals surface area contributed by atoms with Gasteiger partial charge in [0.1, 0.15) is 0 Å². The number of benzene rings is 3. The van der Waals surface area contributed by atoms with Crippen LogP contribution in [0.15, 0.2) is 91.1 Å². The monoisotopic (exact) mass is 441 g/mol. The van der Waals surface area contributed by atoms with Crippen molar-refractivity contribution in [1.29, 1.82) is 0 Å². The van der Waals surface area contributed by atoms with Crippen molar-refractivity contribution in [3.05, 3.63) is 119 Å². The second-order valence-electron chi connectivity index (χ2n) is 7.99. The number of urea groups is 1. The average Bonchev–Trinajstić information content (AvgIpc) is 3.25. The Hall–Kier alpha value is -3.50. The maximum Gasteiger partial charge on any atom is 0.322 e. The van der Waals surface area contributed by atoms with Gasteiger partial charge in [-0.15, -0.1) is 0 Å². The molecule has 0 spiro atoms. The highest BCUT2D eigenvalue weighted by Crippen LogP contribution is 2.37. The SMILES string of the molecule is CCc1ccc(NC(=O)N2Cc3ccccc3-n3cccc3[C@H]2c2ccc(Cl)cc2)cc1. The third kappa shape index (κ3) is 3.78. The Kier molecular flexibility index (Phi) is 5.46. The summed E-state index contributed by atoms with van der Waals surface area (Å²) in [6, 6.07) is 27.7. The van der Waals surface area contributed by atoms with Gasteiger partial charge in [-0.2, -0.15) is 0 Å². The Morgan fingerprint density at radius 1 is 0.969 bits per heavy atom. The van der Waals surface area contributed by atoms with E-state index in [2.05, 4.69) is 53.3 Å². The van der Waals surface area contributed by atoms with Crippen molar-refractivity contribution in [2.24, 2.45) is 0 Å². The Morgan fingerprint density at radius 2 is 1.72 bits per heavy atom. The summed E-state index contributed by atoms with van der Waals surface area (Å²) >= 11 is 6.17. The van der Waals surface area contributed by atoms with Gasteiger partial charge < -0.3 is 14.8 Å². The minimum Gasteiger partial charge on any atom is -0.318 e. The molecule has 3 aromatic carbocycles. The van der Waals surface area contributed by atoms with E-state index in [1.165, 1.54) is 5.56 Å². The molecule has 2 heterocycles. The third-order valence-electron chi connectivity index (χ3n) is 6.02. The summed E-state index contributed by atoms with van der Waals surface area (Å²) in [6.45, 7) is 2.61. The first-order valence-electron chi connectivity index (χ1n) is 10.8. The molecule has 1 aromatic heterocycles. The normalized spacial score (nSPS) is 14.9. The van der Waals surface area contributed by atoms with Crippen molar-refractivity contribution in [3.63, 3.8) is 0 Å². The summed E-state index contributed by atoms with van der Waals surface area (Å²) in [5.74, 6) is 0. The molecule has 0 unspecified atom stereocenters. The lowest BCUT2D eigenvalue weighted by molar-refractivity contribution is 0.194. The molecular formula is C27H24ClN3O. The van der Waals surface area contributed by atoms with Crippen LogP contribution >= 0.6 is 11.6 Å². The van der Waals surface area contributed by atoms with Gasteiger partial charge >= 0.3 is 6.03 Å². The zero-order chi connectivity index (χ0) is 22.1. The van der Waals surface area contributed by atoms with Crippen LogP contribution in [-0.2, 0) is 13.0 Å². The number of hydrogen-bond donors (Lipinski definition) is 1. The van der Waals surface area contributed by atoms with Crippen LogP contribution in [0.5, 0.6) is 0 Å². The zero-order valence-corrected chi connectivity index (χ0v) is 18.6. The quantitative estimate of drug-likeness (QED) is 0.371. The molecule has 4 aromatic rings. The number of aromatic nitrogens is 1. The van der Waals surface area contributed by atoms with E-state index >= 15 is 0 Å². The van der Waals surface area contributed by atoms with Gasteiger partial charge in [0.15, 0.2) is 0 Å². The molecule has 1 atom stereocenters. The van der Waals surface area contributed by atoms with Crippen LogP contribution in [-0.4, -0.2) is 15.5 Å². The average molecular weight is 442 g/mol. The van der Waals surface area contributed by atoms with Crippen LogP contribution in [0.4, 0.5) is 10.5 Å². The first kappa shape index (κ1) is 20.4. The van der Waals surface area contributed by atoms with Gasteiger partial charge in [-0.1, -0.05) is 61.0 Å². The molecule has 0 fully saturated rings. The number of nitrogens with zero attached hydrogens (tertiary/aromatic N) is 2. The highest BCUT2D eigenvalue weighted by atomic mass is 35.5. The maximum atomic E-state index is 13.6. The van der Waals surface area contributed by atoms with E-state index < -0.39 is 0 Å². The van der Waals surface area contributed by atoms with Crippen molar-refractivity contribution in [1.82, 2.24) is 9.47 Å². The summed E-state index contributed by atoms with van der Waals surface area (Å²) in [6.07, 6.45) is 3.02. The van der Waals surface area contributed by atoms with Crippen molar-refractivity contribution in [2.75, 3.05) is 5.32 Å².